The number of nitrogens with zero attached hydrogens (tertiary/aromatic N) is 4. The van der Waals surface area contributed by atoms with Crippen LogP contribution in [0, 0.1) is 0 Å². The topological polar surface area (TPSA) is 91.6 Å². The molecule has 0 spiro atoms. The minimum absolute atomic E-state index is 0.141. The van der Waals surface area contributed by atoms with Gasteiger partial charge in [-0.1, -0.05) is 23.7 Å². The number of aliphatic hydroxyl groups excluding tert-OH is 1. The molecule has 3 heterocycles. The fourth-order valence-corrected chi connectivity index (χ4v) is 5.36. The standard InChI is InChI=1S/C32H38ClN5O4/c1-32(2,3)42-31(40)36(4)24-8-6-21(7-9-24)17-34-23-10-12-37(18-23)25-11-13-38-19-28(35-30(38)15-25)26-16-27(33)29(41-5)14-22(26)20-39/h6-9,11,13-16,19,23,34,39H,10,12,17-18,20H2,1-5H3/t23-/m0/s1. The maximum absolute atomic E-state index is 12.4. The number of amides is 1. The molecular formula is C32H38ClN5O4. The van der Waals surface area contributed by atoms with E-state index in [-0.39, 0.29) is 12.7 Å². The summed E-state index contributed by atoms with van der Waals surface area (Å²) < 4.78 is 12.7. The molecular weight excluding hydrogens is 554 g/mol. The average molecular weight is 592 g/mol. The number of imidazole rings is 1. The van der Waals surface area contributed by atoms with Crippen LogP contribution < -0.4 is 19.9 Å². The van der Waals surface area contributed by atoms with Crippen molar-refractivity contribution < 1.29 is 19.4 Å². The summed E-state index contributed by atoms with van der Waals surface area (Å²) in [6, 6.07) is 16.1. The number of hydrogen-bond donors (Lipinski definition) is 2. The van der Waals surface area contributed by atoms with Crippen molar-refractivity contribution in [2.45, 2.75) is 52.0 Å². The molecule has 42 heavy (non-hydrogen) atoms. The molecule has 1 atom stereocenters. The monoisotopic (exact) mass is 591 g/mol. The Bertz CT molecular complexity index is 1560. The van der Waals surface area contributed by atoms with Crippen molar-refractivity contribution >= 4 is 34.7 Å². The third-order valence-electron chi connectivity index (χ3n) is 7.41. The zero-order valence-corrected chi connectivity index (χ0v) is 25.5. The number of carbonyl (C=O) groups is 1. The fourth-order valence-electron chi connectivity index (χ4n) is 5.12. The Hall–Kier alpha value is -3.79. The molecule has 9 nitrogen and oxygen atoms in total. The van der Waals surface area contributed by atoms with Gasteiger partial charge >= 0.3 is 6.09 Å². The number of anilines is 2. The lowest BCUT2D eigenvalue weighted by Gasteiger charge is -2.24. The molecule has 2 aromatic carbocycles. The summed E-state index contributed by atoms with van der Waals surface area (Å²) >= 11 is 6.37. The van der Waals surface area contributed by atoms with Gasteiger partial charge in [0.25, 0.3) is 0 Å². The van der Waals surface area contributed by atoms with Gasteiger partial charge in [0.15, 0.2) is 0 Å². The van der Waals surface area contributed by atoms with Crippen molar-refractivity contribution in [3.8, 4) is 17.0 Å². The van der Waals surface area contributed by atoms with Crippen LogP contribution in [-0.4, -0.2) is 59.5 Å². The quantitative estimate of drug-likeness (QED) is 0.264. The summed E-state index contributed by atoms with van der Waals surface area (Å²) in [6.07, 6.45) is 4.63. The van der Waals surface area contributed by atoms with Crippen LogP contribution in [0.1, 0.15) is 38.3 Å². The van der Waals surface area contributed by atoms with Crippen LogP contribution >= 0.6 is 11.6 Å². The summed E-state index contributed by atoms with van der Waals surface area (Å²) in [4.78, 5) is 21.1. The molecule has 0 radical (unpaired) electrons. The Morgan fingerprint density at radius 3 is 2.64 bits per heavy atom. The molecule has 222 valence electrons. The van der Waals surface area contributed by atoms with Crippen molar-refractivity contribution in [1.82, 2.24) is 14.7 Å². The minimum Gasteiger partial charge on any atom is -0.495 e. The summed E-state index contributed by atoms with van der Waals surface area (Å²) in [7, 11) is 3.27. The van der Waals surface area contributed by atoms with Gasteiger partial charge in [0.2, 0.25) is 0 Å². The van der Waals surface area contributed by atoms with Gasteiger partial charge in [0, 0.05) is 68.1 Å². The first-order valence-electron chi connectivity index (χ1n) is 14.0. The zero-order chi connectivity index (χ0) is 30.0. The maximum atomic E-state index is 12.4. The highest BCUT2D eigenvalue weighted by Crippen LogP contribution is 2.34. The van der Waals surface area contributed by atoms with Crippen molar-refractivity contribution in [1.29, 1.82) is 0 Å². The first kappa shape index (κ1) is 29.7. The molecule has 1 fully saturated rings. The number of fused-ring (bicyclic) bond motifs is 1. The van der Waals surface area contributed by atoms with Crippen molar-refractivity contribution in [2.75, 3.05) is 37.0 Å². The van der Waals surface area contributed by atoms with Gasteiger partial charge in [-0.3, -0.25) is 4.90 Å². The Balaban J connectivity index is 1.20. The first-order valence-corrected chi connectivity index (χ1v) is 14.4. The normalized spacial score (nSPS) is 15.3. The third kappa shape index (κ3) is 6.64. The van der Waals surface area contributed by atoms with E-state index < -0.39 is 5.60 Å². The van der Waals surface area contributed by atoms with E-state index in [1.54, 1.807) is 26.3 Å². The van der Waals surface area contributed by atoms with Gasteiger partial charge < -0.3 is 29.2 Å². The molecule has 2 aromatic heterocycles. The van der Waals surface area contributed by atoms with Gasteiger partial charge in [-0.05, 0) is 68.7 Å². The number of nitrogens with one attached hydrogen (secondary N) is 1. The molecule has 0 saturated carbocycles. The van der Waals surface area contributed by atoms with Gasteiger partial charge in [0.05, 0.1) is 24.4 Å². The van der Waals surface area contributed by atoms with E-state index in [2.05, 4.69) is 22.3 Å². The van der Waals surface area contributed by atoms with Crippen LogP contribution in [0.3, 0.4) is 0 Å². The Morgan fingerprint density at radius 1 is 1.19 bits per heavy atom. The third-order valence-corrected chi connectivity index (χ3v) is 7.70. The molecule has 1 saturated heterocycles. The summed E-state index contributed by atoms with van der Waals surface area (Å²) in [6.45, 7) is 8.02. The van der Waals surface area contributed by atoms with Crippen LogP contribution in [0.2, 0.25) is 5.02 Å². The average Bonchev–Trinajstić information content (AvgIpc) is 3.62. The largest absolute Gasteiger partial charge is 0.495 e. The fraction of sp³-hybridized carbons (Fsp3) is 0.375. The number of ether oxygens (including phenoxy) is 2. The van der Waals surface area contributed by atoms with E-state index in [1.807, 2.05) is 61.8 Å². The Morgan fingerprint density at radius 2 is 1.95 bits per heavy atom. The lowest BCUT2D eigenvalue weighted by atomic mass is 10.1. The molecule has 10 heteroatoms. The molecule has 1 aliphatic heterocycles. The molecule has 0 bridgehead atoms. The number of methoxy groups -OCH3 is 1. The van der Waals surface area contributed by atoms with Crippen molar-refractivity contribution in [3.05, 3.63) is 77.1 Å². The Labute approximate surface area is 251 Å². The van der Waals surface area contributed by atoms with Gasteiger partial charge in [-0.15, -0.1) is 0 Å². The lowest BCUT2D eigenvalue weighted by Crippen LogP contribution is -2.34. The Kier molecular flexibility index (Phi) is 8.63. The van der Waals surface area contributed by atoms with Crippen LogP contribution in [0.25, 0.3) is 16.9 Å². The zero-order valence-electron chi connectivity index (χ0n) is 24.7. The number of hydrogen-bond acceptors (Lipinski definition) is 7. The summed E-state index contributed by atoms with van der Waals surface area (Å²) in [5.41, 5.74) is 5.59. The number of aromatic nitrogens is 2. The van der Waals surface area contributed by atoms with Crippen LogP contribution in [0.5, 0.6) is 5.75 Å². The highest BCUT2D eigenvalue weighted by atomic mass is 35.5. The van der Waals surface area contributed by atoms with E-state index in [4.69, 9.17) is 26.1 Å². The van der Waals surface area contributed by atoms with Crippen molar-refractivity contribution in [3.63, 3.8) is 0 Å². The van der Waals surface area contributed by atoms with Crippen LogP contribution in [0.15, 0.2) is 60.9 Å². The number of benzene rings is 2. The van der Waals surface area contributed by atoms with E-state index in [0.29, 0.717) is 22.4 Å². The van der Waals surface area contributed by atoms with Crippen LogP contribution in [-0.2, 0) is 17.9 Å². The molecule has 2 N–H and O–H groups in total. The van der Waals surface area contributed by atoms with Crippen molar-refractivity contribution in [2.24, 2.45) is 0 Å². The predicted molar refractivity (Wildman–Crippen MR) is 167 cm³/mol. The van der Waals surface area contributed by atoms with E-state index >= 15 is 0 Å². The number of pyridine rings is 1. The van der Waals surface area contributed by atoms with E-state index in [0.717, 1.165) is 59.9 Å². The van der Waals surface area contributed by atoms with E-state index in [1.165, 1.54) is 4.90 Å². The second-order valence-corrected chi connectivity index (χ2v) is 12.0. The number of rotatable bonds is 8. The highest BCUT2D eigenvalue weighted by Gasteiger charge is 2.24. The minimum atomic E-state index is -0.534. The molecule has 5 rings (SSSR count). The molecule has 1 amide bonds. The lowest BCUT2D eigenvalue weighted by molar-refractivity contribution is 0.0589. The number of carbonyl (C=O) groups excluding carboxylic acids is 1. The van der Waals surface area contributed by atoms with E-state index in [9.17, 15) is 9.90 Å². The molecule has 4 aromatic rings. The molecule has 0 unspecified atom stereocenters. The number of halogens is 1. The second-order valence-electron chi connectivity index (χ2n) is 11.6. The summed E-state index contributed by atoms with van der Waals surface area (Å²) in [5, 5.41) is 14.1. The summed E-state index contributed by atoms with van der Waals surface area (Å²) in [5.74, 6) is 0.524. The van der Waals surface area contributed by atoms with Gasteiger partial charge in [0.1, 0.15) is 17.0 Å². The highest BCUT2D eigenvalue weighted by molar-refractivity contribution is 6.32. The predicted octanol–water partition coefficient (Wildman–Crippen LogP) is 5.90. The van der Waals surface area contributed by atoms with Gasteiger partial charge in [-0.25, -0.2) is 9.78 Å². The smallest absolute Gasteiger partial charge is 0.414 e. The maximum Gasteiger partial charge on any atom is 0.414 e. The first-order chi connectivity index (χ1) is 20.0. The van der Waals surface area contributed by atoms with Gasteiger partial charge in [-0.2, -0.15) is 0 Å². The van der Waals surface area contributed by atoms with Crippen LogP contribution in [0.4, 0.5) is 16.2 Å². The number of aliphatic hydroxyl groups is 1. The SMILES string of the molecule is COc1cc(CO)c(-c2cn3ccc(N4CC[C@H](NCc5ccc(N(C)C(=O)OC(C)(C)C)cc5)C4)cc3n2)cc1Cl. The second kappa shape index (κ2) is 12.2. The molecule has 0 aliphatic carbocycles. The molecule has 1 aliphatic rings.